The second-order valence-electron chi connectivity index (χ2n) is 6.16. The molecular formula is C17H18BrF5O4S. The van der Waals surface area contributed by atoms with Crippen LogP contribution in [0.25, 0.3) is 0 Å². The molecule has 0 heterocycles. The fraction of sp³-hybridized carbons (Fsp3) is 0.529. The number of hydrogen-bond donors (Lipinski definition) is 0. The van der Waals surface area contributed by atoms with Crippen molar-refractivity contribution in [2.75, 3.05) is 6.61 Å². The first-order valence-electron chi connectivity index (χ1n) is 7.96. The van der Waals surface area contributed by atoms with E-state index in [-0.39, 0.29) is 28.8 Å². The van der Waals surface area contributed by atoms with Gasteiger partial charge in [0.2, 0.25) is 0 Å². The van der Waals surface area contributed by atoms with Gasteiger partial charge in [-0.05, 0) is 56.8 Å². The standard InChI is InChI=1S/C17H18BrF5O4S/c1-4-26-14(25)16(19,20)9-12(15(2,3)18)27-13(24)10-5-7-11(8-6-10)28-17(21,22)23/h5-8,12H,4,9H2,1-3H3. The summed E-state index contributed by atoms with van der Waals surface area (Å²) in [5, 5.41) is 0. The molecule has 0 aliphatic heterocycles. The third-order valence-electron chi connectivity index (χ3n) is 3.35. The molecule has 1 aromatic carbocycles. The third-order valence-corrected chi connectivity index (χ3v) is 4.60. The zero-order chi connectivity index (χ0) is 21.8. The van der Waals surface area contributed by atoms with Crippen molar-refractivity contribution in [3.8, 4) is 0 Å². The maximum Gasteiger partial charge on any atom is 0.446 e. The monoisotopic (exact) mass is 492 g/mol. The molecule has 11 heteroatoms. The fourth-order valence-corrected chi connectivity index (χ4v) is 2.76. The number of alkyl halides is 6. The lowest BCUT2D eigenvalue weighted by atomic mass is 9.99. The first kappa shape index (κ1) is 24.7. The Morgan fingerprint density at radius 2 is 1.64 bits per heavy atom. The van der Waals surface area contributed by atoms with Crippen molar-refractivity contribution >= 4 is 39.6 Å². The number of benzene rings is 1. The Hall–Kier alpha value is -1.36. The van der Waals surface area contributed by atoms with Gasteiger partial charge in [-0.25, -0.2) is 9.59 Å². The van der Waals surface area contributed by atoms with Gasteiger partial charge >= 0.3 is 23.4 Å². The number of hydrogen-bond acceptors (Lipinski definition) is 5. The number of ether oxygens (including phenoxy) is 2. The minimum Gasteiger partial charge on any atom is -0.462 e. The molecule has 0 aromatic heterocycles. The fourth-order valence-electron chi connectivity index (χ4n) is 1.97. The van der Waals surface area contributed by atoms with Crippen LogP contribution in [-0.2, 0) is 14.3 Å². The van der Waals surface area contributed by atoms with Gasteiger partial charge in [0.15, 0.2) is 0 Å². The maximum atomic E-state index is 14.1. The third kappa shape index (κ3) is 7.94. The van der Waals surface area contributed by atoms with Crippen LogP contribution in [0, 0.1) is 0 Å². The van der Waals surface area contributed by atoms with Crippen LogP contribution in [0.2, 0.25) is 0 Å². The summed E-state index contributed by atoms with van der Waals surface area (Å²) in [4.78, 5) is 23.5. The minimum atomic E-state index is -4.48. The zero-order valence-electron chi connectivity index (χ0n) is 15.1. The smallest absolute Gasteiger partial charge is 0.446 e. The van der Waals surface area contributed by atoms with E-state index in [1.165, 1.54) is 20.8 Å². The minimum absolute atomic E-state index is 0.118. The predicted molar refractivity (Wildman–Crippen MR) is 96.8 cm³/mol. The van der Waals surface area contributed by atoms with Crippen molar-refractivity contribution in [3.63, 3.8) is 0 Å². The molecular weight excluding hydrogens is 475 g/mol. The lowest BCUT2D eigenvalue weighted by Gasteiger charge is -2.30. The van der Waals surface area contributed by atoms with Crippen molar-refractivity contribution in [2.24, 2.45) is 0 Å². The van der Waals surface area contributed by atoms with E-state index >= 15 is 0 Å². The first-order chi connectivity index (χ1) is 12.7. The largest absolute Gasteiger partial charge is 0.462 e. The molecule has 0 fully saturated rings. The Balaban J connectivity index is 2.92. The van der Waals surface area contributed by atoms with Gasteiger partial charge in [0.1, 0.15) is 6.10 Å². The second kappa shape index (κ2) is 9.43. The van der Waals surface area contributed by atoms with Crippen molar-refractivity contribution in [2.45, 2.75) is 53.9 Å². The highest BCUT2D eigenvalue weighted by Crippen LogP contribution is 2.37. The van der Waals surface area contributed by atoms with Crippen LogP contribution in [0.5, 0.6) is 0 Å². The Kier molecular flexibility index (Phi) is 8.31. The molecule has 1 aromatic rings. The van der Waals surface area contributed by atoms with Crippen molar-refractivity contribution in [3.05, 3.63) is 29.8 Å². The van der Waals surface area contributed by atoms with E-state index in [0.29, 0.717) is 0 Å². The van der Waals surface area contributed by atoms with Gasteiger partial charge in [0.05, 0.1) is 22.9 Å². The Bertz CT molecular complexity index is 686. The lowest BCUT2D eigenvalue weighted by Crippen LogP contribution is -2.43. The van der Waals surface area contributed by atoms with Crippen LogP contribution in [-0.4, -0.2) is 40.4 Å². The van der Waals surface area contributed by atoms with Gasteiger partial charge in [0.25, 0.3) is 0 Å². The predicted octanol–water partition coefficient (Wildman–Crippen LogP) is 5.59. The highest BCUT2D eigenvalue weighted by atomic mass is 79.9. The topological polar surface area (TPSA) is 52.6 Å². The number of carbonyl (C=O) groups excluding carboxylic acids is 2. The normalized spacial score (nSPS) is 13.8. The summed E-state index contributed by atoms with van der Waals surface area (Å²) in [6.07, 6.45) is -2.55. The number of thioether (sulfide) groups is 1. The van der Waals surface area contributed by atoms with Crippen LogP contribution >= 0.6 is 27.7 Å². The molecule has 0 saturated carbocycles. The van der Waals surface area contributed by atoms with E-state index in [2.05, 4.69) is 20.7 Å². The second-order valence-corrected chi connectivity index (χ2v) is 9.34. The summed E-state index contributed by atoms with van der Waals surface area (Å²) in [7, 11) is 0. The molecule has 0 spiro atoms. The summed E-state index contributed by atoms with van der Waals surface area (Å²) in [5.41, 5.74) is -4.60. The molecule has 0 saturated heterocycles. The average molecular weight is 493 g/mol. The maximum absolute atomic E-state index is 14.1. The van der Waals surface area contributed by atoms with E-state index in [1.807, 2.05) is 0 Å². The summed E-state index contributed by atoms with van der Waals surface area (Å²) < 4.78 is 73.4. The SMILES string of the molecule is CCOC(=O)C(F)(F)CC(OC(=O)c1ccc(SC(F)(F)F)cc1)C(C)(C)Br. The Morgan fingerprint density at radius 3 is 2.07 bits per heavy atom. The van der Waals surface area contributed by atoms with Gasteiger partial charge in [0, 0.05) is 4.90 Å². The summed E-state index contributed by atoms with van der Waals surface area (Å²) in [5.74, 6) is -6.64. The van der Waals surface area contributed by atoms with Gasteiger partial charge in [-0.15, -0.1) is 0 Å². The molecule has 1 unspecified atom stereocenters. The quantitative estimate of drug-likeness (QED) is 0.205. The number of esters is 2. The van der Waals surface area contributed by atoms with Crippen molar-refractivity contribution in [1.29, 1.82) is 0 Å². The molecule has 28 heavy (non-hydrogen) atoms. The number of carbonyl (C=O) groups is 2. The number of rotatable bonds is 8. The summed E-state index contributed by atoms with van der Waals surface area (Å²) >= 11 is 2.79. The van der Waals surface area contributed by atoms with Crippen LogP contribution in [0.1, 0.15) is 37.6 Å². The molecule has 0 bridgehead atoms. The molecule has 0 N–H and O–H groups in total. The number of halogens is 6. The van der Waals surface area contributed by atoms with Crippen LogP contribution in [0.4, 0.5) is 22.0 Å². The van der Waals surface area contributed by atoms with E-state index in [4.69, 9.17) is 4.74 Å². The first-order valence-corrected chi connectivity index (χ1v) is 9.57. The van der Waals surface area contributed by atoms with E-state index in [9.17, 15) is 31.5 Å². The van der Waals surface area contributed by atoms with Crippen molar-refractivity contribution < 1.29 is 41.0 Å². The highest BCUT2D eigenvalue weighted by molar-refractivity contribution is 9.10. The lowest BCUT2D eigenvalue weighted by molar-refractivity contribution is -0.176. The zero-order valence-corrected chi connectivity index (χ0v) is 17.5. The van der Waals surface area contributed by atoms with Gasteiger partial charge in [-0.1, -0.05) is 15.9 Å². The van der Waals surface area contributed by atoms with Crippen LogP contribution in [0.3, 0.4) is 0 Å². The summed E-state index contributed by atoms with van der Waals surface area (Å²) in [6.45, 7) is 4.07. The molecule has 0 aliphatic rings. The molecule has 1 rings (SSSR count). The Labute approximate surface area is 171 Å². The highest BCUT2D eigenvalue weighted by Gasteiger charge is 2.47. The molecule has 0 aliphatic carbocycles. The van der Waals surface area contributed by atoms with Gasteiger partial charge in [-0.3, -0.25) is 0 Å². The molecule has 0 amide bonds. The van der Waals surface area contributed by atoms with Gasteiger partial charge in [-0.2, -0.15) is 22.0 Å². The van der Waals surface area contributed by atoms with E-state index < -0.39 is 40.2 Å². The van der Waals surface area contributed by atoms with E-state index in [0.717, 1.165) is 24.3 Å². The summed E-state index contributed by atoms with van der Waals surface area (Å²) in [6, 6.07) is 4.32. The average Bonchev–Trinajstić information content (AvgIpc) is 2.52. The molecule has 158 valence electrons. The van der Waals surface area contributed by atoms with Crippen LogP contribution in [0.15, 0.2) is 29.2 Å². The molecule has 4 nitrogen and oxygen atoms in total. The van der Waals surface area contributed by atoms with E-state index in [1.54, 1.807) is 0 Å². The molecule has 0 radical (unpaired) electrons. The molecule has 1 atom stereocenters. The van der Waals surface area contributed by atoms with Crippen LogP contribution < -0.4 is 0 Å². The Morgan fingerprint density at radius 1 is 1.11 bits per heavy atom. The van der Waals surface area contributed by atoms with Crippen molar-refractivity contribution in [1.82, 2.24) is 0 Å². The van der Waals surface area contributed by atoms with Gasteiger partial charge < -0.3 is 9.47 Å².